The summed E-state index contributed by atoms with van der Waals surface area (Å²) in [5, 5.41) is 5.41. The second-order valence-corrected chi connectivity index (χ2v) is 4.56. The third-order valence-corrected chi connectivity index (χ3v) is 3.58. The Hall–Kier alpha value is 0.100. The molecule has 0 radical (unpaired) electrons. The van der Waals surface area contributed by atoms with Crippen molar-refractivity contribution >= 4 is 27.3 Å². The van der Waals surface area contributed by atoms with E-state index in [1.807, 2.05) is 0 Å². The summed E-state index contributed by atoms with van der Waals surface area (Å²) in [6, 6.07) is 2.45. The van der Waals surface area contributed by atoms with Crippen LogP contribution in [0.1, 0.15) is 11.8 Å². The molecule has 0 saturated carbocycles. The van der Waals surface area contributed by atoms with Crippen molar-refractivity contribution in [2.24, 2.45) is 5.73 Å². The number of rotatable bonds is 4. The van der Waals surface area contributed by atoms with Gasteiger partial charge in [-0.15, -0.1) is 11.3 Å². The SMILES string of the molecule is C[C@@H](CN)NCc1sccc1Br. The highest BCUT2D eigenvalue weighted by atomic mass is 79.9. The van der Waals surface area contributed by atoms with Gasteiger partial charge in [-0.1, -0.05) is 0 Å². The van der Waals surface area contributed by atoms with Gasteiger partial charge in [-0.3, -0.25) is 0 Å². The molecule has 68 valence electrons. The topological polar surface area (TPSA) is 38.0 Å². The lowest BCUT2D eigenvalue weighted by atomic mass is 10.3. The van der Waals surface area contributed by atoms with Crippen LogP contribution in [0.2, 0.25) is 0 Å². The van der Waals surface area contributed by atoms with Crippen LogP contribution < -0.4 is 11.1 Å². The minimum atomic E-state index is 0.388. The molecular weight excluding hydrogens is 236 g/mol. The average Bonchev–Trinajstić information content (AvgIpc) is 2.47. The Morgan fingerprint density at radius 3 is 3.00 bits per heavy atom. The Morgan fingerprint density at radius 1 is 1.75 bits per heavy atom. The summed E-state index contributed by atoms with van der Waals surface area (Å²) in [5.74, 6) is 0. The van der Waals surface area contributed by atoms with E-state index < -0.39 is 0 Å². The second kappa shape index (κ2) is 4.97. The molecule has 0 aliphatic carbocycles. The van der Waals surface area contributed by atoms with Gasteiger partial charge in [-0.25, -0.2) is 0 Å². The van der Waals surface area contributed by atoms with Gasteiger partial charge >= 0.3 is 0 Å². The van der Waals surface area contributed by atoms with Crippen molar-refractivity contribution in [2.75, 3.05) is 6.54 Å². The smallest absolute Gasteiger partial charge is 0.0327 e. The van der Waals surface area contributed by atoms with E-state index in [9.17, 15) is 0 Å². The highest BCUT2D eigenvalue weighted by Gasteiger charge is 2.02. The first-order valence-corrected chi connectivity index (χ1v) is 5.56. The normalized spacial score (nSPS) is 13.2. The Kier molecular flexibility index (Phi) is 4.21. The minimum absolute atomic E-state index is 0.388. The summed E-state index contributed by atoms with van der Waals surface area (Å²) in [6.07, 6.45) is 0. The monoisotopic (exact) mass is 248 g/mol. The van der Waals surface area contributed by atoms with E-state index in [1.165, 1.54) is 9.35 Å². The molecule has 0 amide bonds. The number of nitrogens with one attached hydrogen (secondary N) is 1. The van der Waals surface area contributed by atoms with E-state index in [-0.39, 0.29) is 0 Å². The molecule has 0 unspecified atom stereocenters. The molecule has 2 nitrogen and oxygen atoms in total. The van der Waals surface area contributed by atoms with E-state index >= 15 is 0 Å². The molecular formula is C8H13BrN2S. The third kappa shape index (κ3) is 2.86. The van der Waals surface area contributed by atoms with Crippen LogP contribution in [0.3, 0.4) is 0 Å². The molecule has 0 fully saturated rings. The second-order valence-electron chi connectivity index (χ2n) is 2.71. The summed E-state index contributed by atoms with van der Waals surface area (Å²) >= 11 is 5.23. The van der Waals surface area contributed by atoms with Gasteiger partial charge in [-0.2, -0.15) is 0 Å². The average molecular weight is 249 g/mol. The molecule has 4 heteroatoms. The standard InChI is InChI=1S/C8H13BrN2S/c1-6(4-10)11-5-8-7(9)2-3-12-8/h2-3,6,11H,4-5,10H2,1H3/t6-/m0/s1. The lowest BCUT2D eigenvalue weighted by Gasteiger charge is -2.09. The van der Waals surface area contributed by atoms with Crippen LogP contribution in [-0.4, -0.2) is 12.6 Å². The fourth-order valence-corrected chi connectivity index (χ4v) is 2.24. The predicted molar refractivity (Wildman–Crippen MR) is 57.4 cm³/mol. The maximum Gasteiger partial charge on any atom is 0.0327 e. The molecule has 12 heavy (non-hydrogen) atoms. The van der Waals surface area contributed by atoms with Gasteiger partial charge in [0.2, 0.25) is 0 Å². The zero-order chi connectivity index (χ0) is 8.97. The maximum absolute atomic E-state index is 5.48. The van der Waals surface area contributed by atoms with Crippen molar-refractivity contribution in [1.82, 2.24) is 5.32 Å². The Balaban J connectivity index is 2.38. The van der Waals surface area contributed by atoms with Gasteiger partial charge in [0.25, 0.3) is 0 Å². The molecule has 1 heterocycles. The molecule has 0 aliphatic rings. The molecule has 1 aromatic heterocycles. The first kappa shape index (κ1) is 10.2. The van der Waals surface area contributed by atoms with Gasteiger partial charge in [0, 0.05) is 28.5 Å². The van der Waals surface area contributed by atoms with Crippen molar-refractivity contribution in [3.8, 4) is 0 Å². The number of halogens is 1. The summed E-state index contributed by atoms with van der Waals surface area (Å²) in [5.41, 5.74) is 5.48. The van der Waals surface area contributed by atoms with Crippen molar-refractivity contribution in [2.45, 2.75) is 19.5 Å². The van der Waals surface area contributed by atoms with Gasteiger partial charge in [-0.05, 0) is 34.3 Å². The molecule has 0 aliphatic heterocycles. The summed E-state index contributed by atoms with van der Waals surface area (Å²) in [7, 11) is 0. The molecule has 1 aromatic rings. The van der Waals surface area contributed by atoms with Crippen LogP contribution in [0.5, 0.6) is 0 Å². The van der Waals surface area contributed by atoms with E-state index in [0.717, 1.165) is 6.54 Å². The van der Waals surface area contributed by atoms with Crippen LogP contribution in [0.4, 0.5) is 0 Å². The largest absolute Gasteiger partial charge is 0.329 e. The number of hydrogen-bond acceptors (Lipinski definition) is 3. The molecule has 0 bridgehead atoms. The summed E-state index contributed by atoms with van der Waals surface area (Å²) < 4.78 is 1.18. The fourth-order valence-electron chi connectivity index (χ4n) is 0.801. The van der Waals surface area contributed by atoms with Gasteiger partial charge < -0.3 is 11.1 Å². The zero-order valence-electron chi connectivity index (χ0n) is 7.01. The third-order valence-electron chi connectivity index (χ3n) is 1.66. The minimum Gasteiger partial charge on any atom is -0.329 e. The van der Waals surface area contributed by atoms with E-state index in [2.05, 4.69) is 39.6 Å². The van der Waals surface area contributed by atoms with Gasteiger partial charge in [0.1, 0.15) is 0 Å². The van der Waals surface area contributed by atoms with E-state index in [1.54, 1.807) is 11.3 Å². The lowest BCUT2D eigenvalue weighted by Crippen LogP contribution is -2.32. The van der Waals surface area contributed by atoms with Crippen molar-refractivity contribution in [3.63, 3.8) is 0 Å². The van der Waals surface area contributed by atoms with E-state index in [0.29, 0.717) is 12.6 Å². The number of thiophene rings is 1. The fraction of sp³-hybridized carbons (Fsp3) is 0.500. The van der Waals surface area contributed by atoms with Gasteiger partial charge in [0.15, 0.2) is 0 Å². The molecule has 0 aromatic carbocycles. The summed E-state index contributed by atoms with van der Waals surface area (Å²) in [4.78, 5) is 1.33. The van der Waals surface area contributed by atoms with Crippen molar-refractivity contribution in [3.05, 3.63) is 20.8 Å². The molecule has 1 rings (SSSR count). The number of nitrogens with two attached hydrogens (primary N) is 1. The van der Waals surface area contributed by atoms with Crippen molar-refractivity contribution in [1.29, 1.82) is 0 Å². The number of hydrogen-bond donors (Lipinski definition) is 2. The van der Waals surface area contributed by atoms with Crippen LogP contribution in [0.25, 0.3) is 0 Å². The molecule has 1 atom stereocenters. The first-order valence-electron chi connectivity index (χ1n) is 3.89. The zero-order valence-corrected chi connectivity index (χ0v) is 9.41. The quantitative estimate of drug-likeness (QED) is 0.855. The van der Waals surface area contributed by atoms with Crippen LogP contribution in [-0.2, 0) is 6.54 Å². The van der Waals surface area contributed by atoms with Crippen LogP contribution in [0.15, 0.2) is 15.9 Å². The van der Waals surface area contributed by atoms with Crippen LogP contribution >= 0.6 is 27.3 Å². The van der Waals surface area contributed by atoms with Crippen molar-refractivity contribution < 1.29 is 0 Å². The highest BCUT2D eigenvalue weighted by molar-refractivity contribution is 9.10. The highest BCUT2D eigenvalue weighted by Crippen LogP contribution is 2.22. The molecule has 0 spiro atoms. The Bertz CT molecular complexity index is 237. The van der Waals surface area contributed by atoms with Gasteiger partial charge in [0.05, 0.1) is 0 Å². The Labute approximate surface area is 85.3 Å². The molecule has 0 saturated heterocycles. The van der Waals surface area contributed by atoms with Crippen LogP contribution in [0, 0.1) is 0 Å². The molecule has 3 N–H and O–H groups in total. The maximum atomic E-state index is 5.48. The Morgan fingerprint density at radius 2 is 2.50 bits per heavy atom. The van der Waals surface area contributed by atoms with E-state index in [4.69, 9.17) is 5.73 Å². The lowest BCUT2D eigenvalue weighted by molar-refractivity contribution is 0.559. The first-order chi connectivity index (χ1) is 5.74. The summed E-state index contributed by atoms with van der Waals surface area (Å²) in [6.45, 7) is 3.67. The predicted octanol–water partition coefficient (Wildman–Crippen LogP) is 1.95.